The maximum atomic E-state index is 11.8. The number of Topliss-reactive ketones (excluding diaryl/α,β-unsaturated/α-hetero) is 1. The van der Waals surface area contributed by atoms with Gasteiger partial charge in [0.15, 0.2) is 5.78 Å². The van der Waals surface area contributed by atoms with Crippen LogP contribution in [0.3, 0.4) is 0 Å². The maximum Gasteiger partial charge on any atom is 0.151 e. The van der Waals surface area contributed by atoms with Gasteiger partial charge < -0.3 is 4.74 Å². The molecule has 1 fully saturated rings. The molecule has 1 unspecified atom stereocenters. The lowest BCUT2D eigenvalue weighted by molar-refractivity contribution is -0.124. The lowest BCUT2D eigenvalue weighted by Crippen LogP contribution is -2.41. The summed E-state index contributed by atoms with van der Waals surface area (Å²) in [5.41, 5.74) is 1.00. The third kappa shape index (κ3) is 3.06. The van der Waals surface area contributed by atoms with Crippen LogP contribution in [-0.4, -0.2) is 37.0 Å². The van der Waals surface area contributed by atoms with Crippen molar-refractivity contribution in [3.05, 3.63) is 34.9 Å². The number of morpholine rings is 1. The van der Waals surface area contributed by atoms with Crippen LogP contribution >= 0.6 is 11.6 Å². The van der Waals surface area contributed by atoms with E-state index in [0.29, 0.717) is 18.2 Å². The molecule has 0 N–H and O–H groups in total. The Morgan fingerprint density at radius 1 is 1.29 bits per heavy atom. The average molecular weight is 254 g/mol. The Kier molecular flexibility index (Phi) is 4.15. The highest BCUT2D eigenvalue weighted by atomic mass is 35.5. The Bertz CT molecular complexity index is 385. The second-order valence-electron chi connectivity index (χ2n) is 4.21. The van der Waals surface area contributed by atoms with Gasteiger partial charge in [-0.05, 0) is 24.6 Å². The lowest BCUT2D eigenvalue weighted by atomic mass is 10.0. The smallest absolute Gasteiger partial charge is 0.151 e. The minimum Gasteiger partial charge on any atom is -0.379 e. The van der Waals surface area contributed by atoms with Gasteiger partial charge in [-0.2, -0.15) is 0 Å². The van der Waals surface area contributed by atoms with Gasteiger partial charge >= 0.3 is 0 Å². The van der Waals surface area contributed by atoms with E-state index in [4.69, 9.17) is 16.3 Å². The van der Waals surface area contributed by atoms with Crippen LogP contribution in [0.15, 0.2) is 24.3 Å². The summed E-state index contributed by atoms with van der Waals surface area (Å²) >= 11 is 5.86. The number of hydrogen-bond donors (Lipinski definition) is 0. The monoisotopic (exact) mass is 253 g/mol. The Morgan fingerprint density at radius 2 is 1.88 bits per heavy atom. The number of rotatable bonds is 3. The van der Waals surface area contributed by atoms with Crippen LogP contribution in [0.1, 0.15) is 18.5 Å². The molecular weight excluding hydrogens is 238 g/mol. The van der Waals surface area contributed by atoms with Crippen molar-refractivity contribution in [3.63, 3.8) is 0 Å². The molecule has 0 saturated carbocycles. The molecule has 0 aromatic heterocycles. The molecule has 92 valence electrons. The van der Waals surface area contributed by atoms with Crippen LogP contribution in [-0.2, 0) is 9.53 Å². The fraction of sp³-hybridized carbons (Fsp3) is 0.462. The second kappa shape index (κ2) is 5.63. The van der Waals surface area contributed by atoms with Gasteiger partial charge in [0.25, 0.3) is 0 Å². The predicted molar refractivity (Wildman–Crippen MR) is 67.3 cm³/mol. The van der Waals surface area contributed by atoms with Crippen molar-refractivity contribution >= 4 is 17.4 Å². The number of benzene rings is 1. The molecule has 1 aliphatic rings. The van der Waals surface area contributed by atoms with E-state index in [1.165, 1.54) is 0 Å². The first-order valence-electron chi connectivity index (χ1n) is 5.76. The minimum atomic E-state index is -0.170. The van der Waals surface area contributed by atoms with Crippen molar-refractivity contribution in [2.45, 2.75) is 13.0 Å². The minimum absolute atomic E-state index is 0.161. The van der Waals surface area contributed by atoms with E-state index in [9.17, 15) is 4.79 Å². The maximum absolute atomic E-state index is 11.8. The summed E-state index contributed by atoms with van der Waals surface area (Å²) in [6.07, 6.45) is 0. The molecule has 0 bridgehead atoms. The van der Waals surface area contributed by atoms with E-state index in [-0.39, 0.29) is 11.8 Å². The summed E-state index contributed by atoms with van der Waals surface area (Å²) in [6.45, 7) is 4.61. The summed E-state index contributed by atoms with van der Waals surface area (Å²) in [7, 11) is 0. The van der Waals surface area contributed by atoms with Gasteiger partial charge in [-0.3, -0.25) is 9.69 Å². The Morgan fingerprint density at radius 3 is 2.41 bits per heavy atom. The summed E-state index contributed by atoms with van der Waals surface area (Å²) in [4.78, 5) is 14.0. The zero-order chi connectivity index (χ0) is 12.3. The normalized spacial score (nSPS) is 18.9. The summed E-state index contributed by atoms with van der Waals surface area (Å²) < 4.78 is 5.31. The molecule has 1 saturated heterocycles. The van der Waals surface area contributed by atoms with Gasteiger partial charge in [0.05, 0.1) is 19.3 Å². The van der Waals surface area contributed by atoms with Crippen molar-refractivity contribution in [3.8, 4) is 0 Å². The van der Waals surface area contributed by atoms with Crippen molar-refractivity contribution in [2.24, 2.45) is 0 Å². The highest BCUT2D eigenvalue weighted by Gasteiger charge is 2.25. The van der Waals surface area contributed by atoms with Gasteiger partial charge in [0, 0.05) is 18.1 Å². The van der Waals surface area contributed by atoms with E-state index in [2.05, 4.69) is 4.90 Å². The molecule has 3 nitrogen and oxygen atoms in total. The number of nitrogens with zero attached hydrogens (tertiary/aromatic N) is 1. The lowest BCUT2D eigenvalue weighted by Gasteiger charge is -2.33. The number of carbonyl (C=O) groups is 1. The molecule has 2 rings (SSSR count). The van der Waals surface area contributed by atoms with Crippen molar-refractivity contribution in [2.75, 3.05) is 26.3 Å². The molecule has 0 amide bonds. The summed E-state index contributed by atoms with van der Waals surface area (Å²) in [5, 5.41) is 0.693. The van der Waals surface area contributed by atoms with E-state index in [1.54, 1.807) is 6.92 Å². The number of ketones is 1. The van der Waals surface area contributed by atoms with Gasteiger partial charge in [0.1, 0.15) is 0 Å². The third-order valence-electron chi connectivity index (χ3n) is 2.98. The molecule has 1 aromatic rings. The molecule has 1 aliphatic heterocycles. The third-order valence-corrected chi connectivity index (χ3v) is 3.23. The highest BCUT2D eigenvalue weighted by molar-refractivity contribution is 6.30. The van der Waals surface area contributed by atoms with Crippen LogP contribution in [0.2, 0.25) is 5.02 Å². The first-order chi connectivity index (χ1) is 8.18. The van der Waals surface area contributed by atoms with Gasteiger partial charge in [-0.15, -0.1) is 0 Å². The van der Waals surface area contributed by atoms with Crippen molar-refractivity contribution < 1.29 is 9.53 Å². The quantitative estimate of drug-likeness (QED) is 0.828. The second-order valence-corrected chi connectivity index (χ2v) is 4.65. The fourth-order valence-electron chi connectivity index (χ4n) is 2.18. The standard InChI is InChI=1S/C13H16ClNO2/c1-10(16)13(15-6-8-17-9-7-15)11-2-4-12(14)5-3-11/h2-5,13H,6-9H2,1H3. The number of halogens is 1. The molecule has 0 aliphatic carbocycles. The van der Waals surface area contributed by atoms with E-state index in [0.717, 1.165) is 18.7 Å². The molecule has 4 heteroatoms. The Balaban J connectivity index is 2.21. The summed E-state index contributed by atoms with van der Waals surface area (Å²) in [6, 6.07) is 7.32. The molecule has 0 radical (unpaired) electrons. The molecule has 1 aromatic carbocycles. The molecule has 1 heterocycles. The van der Waals surface area contributed by atoms with E-state index >= 15 is 0 Å². The molecule has 17 heavy (non-hydrogen) atoms. The number of ether oxygens (including phenoxy) is 1. The van der Waals surface area contributed by atoms with E-state index < -0.39 is 0 Å². The average Bonchev–Trinajstić information content (AvgIpc) is 2.33. The molecule has 0 spiro atoms. The number of hydrogen-bond acceptors (Lipinski definition) is 3. The Labute approximate surface area is 106 Å². The predicted octanol–water partition coefficient (Wildman–Crippen LogP) is 2.30. The van der Waals surface area contributed by atoms with Gasteiger partial charge in [-0.1, -0.05) is 23.7 Å². The molecular formula is C13H16ClNO2. The van der Waals surface area contributed by atoms with Crippen molar-refractivity contribution in [1.29, 1.82) is 0 Å². The first kappa shape index (κ1) is 12.6. The number of carbonyl (C=O) groups excluding carboxylic acids is 1. The van der Waals surface area contributed by atoms with E-state index in [1.807, 2.05) is 24.3 Å². The molecule has 1 atom stereocenters. The highest BCUT2D eigenvalue weighted by Crippen LogP contribution is 2.24. The fourth-order valence-corrected chi connectivity index (χ4v) is 2.31. The SMILES string of the molecule is CC(=O)C(c1ccc(Cl)cc1)N1CCOCC1. The topological polar surface area (TPSA) is 29.5 Å². The first-order valence-corrected chi connectivity index (χ1v) is 6.14. The largest absolute Gasteiger partial charge is 0.379 e. The van der Waals surface area contributed by atoms with Crippen LogP contribution in [0, 0.1) is 0 Å². The zero-order valence-electron chi connectivity index (χ0n) is 9.86. The Hall–Kier alpha value is -0.900. The van der Waals surface area contributed by atoms with Crippen LogP contribution < -0.4 is 0 Å². The van der Waals surface area contributed by atoms with Crippen LogP contribution in [0.25, 0.3) is 0 Å². The van der Waals surface area contributed by atoms with Crippen molar-refractivity contribution in [1.82, 2.24) is 4.90 Å². The van der Waals surface area contributed by atoms with Crippen LogP contribution in [0.4, 0.5) is 0 Å². The van der Waals surface area contributed by atoms with Gasteiger partial charge in [0.2, 0.25) is 0 Å². The van der Waals surface area contributed by atoms with Gasteiger partial charge in [-0.25, -0.2) is 0 Å². The summed E-state index contributed by atoms with van der Waals surface area (Å²) in [5.74, 6) is 0.161. The van der Waals surface area contributed by atoms with Crippen LogP contribution in [0.5, 0.6) is 0 Å². The zero-order valence-corrected chi connectivity index (χ0v) is 10.6.